The molecule has 1 aliphatic heterocycles. The summed E-state index contributed by atoms with van der Waals surface area (Å²) >= 11 is 0. The van der Waals surface area contributed by atoms with Gasteiger partial charge >= 0.3 is 0 Å². The Labute approximate surface area is 154 Å². The van der Waals surface area contributed by atoms with Gasteiger partial charge in [-0.25, -0.2) is 13.2 Å². The first-order valence-electron chi connectivity index (χ1n) is 8.55. The summed E-state index contributed by atoms with van der Waals surface area (Å²) in [5.41, 5.74) is 3.83. The molecule has 6 nitrogen and oxygen atoms in total. The van der Waals surface area contributed by atoms with Gasteiger partial charge in [-0.2, -0.15) is 0 Å². The molecule has 1 atom stereocenters. The number of pyridine rings is 1. The van der Waals surface area contributed by atoms with Crippen LogP contribution in [0.15, 0.2) is 58.5 Å². The molecule has 1 unspecified atom stereocenters. The van der Waals surface area contributed by atoms with Gasteiger partial charge in [0.1, 0.15) is 11.0 Å². The van der Waals surface area contributed by atoms with Crippen LogP contribution in [0.25, 0.3) is 0 Å². The minimum atomic E-state index is -1.23. The van der Waals surface area contributed by atoms with Gasteiger partial charge in [-0.05, 0) is 43.2 Å². The van der Waals surface area contributed by atoms with Crippen molar-refractivity contribution >= 4 is 11.0 Å². The standard InChI is InChI=1S/C19H20N4O2S/c1-14-2-4-16(5-3-14)26(25)22-11-8-17-18(13-22)21-23(19(17)24)12-15-6-9-20-10-7-15/h2-7,9-10,21H,8,11-13H2,1H3. The van der Waals surface area contributed by atoms with E-state index >= 15 is 0 Å². The van der Waals surface area contributed by atoms with Crippen LogP contribution in [0, 0.1) is 6.92 Å². The number of nitrogens with zero attached hydrogens (tertiary/aromatic N) is 3. The van der Waals surface area contributed by atoms with Gasteiger partial charge in [-0.15, -0.1) is 0 Å². The summed E-state index contributed by atoms with van der Waals surface area (Å²) < 4.78 is 16.4. The predicted molar refractivity (Wildman–Crippen MR) is 100 cm³/mol. The number of aromatic amines is 1. The molecule has 3 aromatic rings. The van der Waals surface area contributed by atoms with Crippen LogP contribution in [0.3, 0.4) is 0 Å². The molecule has 0 bridgehead atoms. The third-order valence-electron chi connectivity index (χ3n) is 4.63. The van der Waals surface area contributed by atoms with E-state index in [1.165, 1.54) is 0 Å². The highest BCUT2D eigenvalue weighted by molar-refractivity contribution is 7.82. The Kier molecular flexibility index (Phi) is 4.57. The number of H-pyrrole nitrogens is 1. The van der Waals surface area contributed by atoms with E-state index in [0.29, 0.717) is 26.1 Å². The van der Waals surface area contributed by atoms with Crippen molar-refractivity contribution in [2.75, 3.05) is 6.54 Å². The highest BCUT2D eigenvalue weighted by atomic mass is 32.2. The number of aryl methyl sites for hydroxylation is 1. The zero-order valence-corrected chi connectivity index (χ0v) is 15.3. The lowest BCUT2D eigenvalue weighted by Crippen LogP contribution is -2.33. The zero-order valence-electron chi connectivity index (χ0n) is 14.5. The Morgan fingerprint density at radius 1 is 1.15 bits per heavy atom. The Morgan fingerprint density at radius 3 is 2.62 bits per heavy atom. The molecule has 0 amide bonds. The van der Waals surface area contributed by atoms with Gasteiger partial charge in [0, 0.05) is 24.5 Å². The fourth-order valence-electron chi connectivity index (χ4n) is 3.18. The van der Waals surface area contributed by atoms with Gasteiger partial charge < -0.3 is 0 Å². The van der Waals surface area contributed by atoms with Crippen LogP contribution in [0.4, 0.5) is 0 Å². The van der Waals surface area contributed by atoms with Crippen LogP contribution < -0.4 is 5.56 Å². The van der Waals surface area contributed by atoms with Gasteiger partial charge in [-0.3, -0.25) is 14.9 Å². The maximum absolute atomic E-state index is 12.8. The van der Waals surface area contributed by atoms with Gasteiger partial charge in [0.2, 0.25) is 0 Å². The van der Waals surface area contributed by atoms with Crippen molar-refractivity contribution in [3.63, 3.8) is 0 Å². The minimum Gasteiger partial charge on any atom is -0.298 e. The fourth-order valence-corrected chi connectivity index (χ4v) is 4.35. The summed E-state index contributed by atoms with van der Waals surface area (Å²) in [7, 11) is -1.23. The fraction of sp³-hybridized carbons (Fsp3) is 0.263. The minimum absolute atomic E-state index is 0.0116. The molecule has 1 N–H and O–H groups in total. The number of hydrogen-bond donors (Lipinski definition) is 1. The SMILES string of the molecule is Cc1ccc(S(=O)N2CCc3c([nH]n(Cc4ccncc4)c3=O)C2)cc1. The number of fused-ring (bicyclic) bond motifs is 1. The Bertz CT molecular complexity index is 993. The molecule has 0 saturated heterocycles. The largest absolute Gasteiger partial charge is 0.298 e. The predicted octanol–water partition coefficient (Wildman–Crippen LogP) is 2.01. The molecule has 0 radical (unpaired) electrons. The van der Waals surface area contributed by atoms with Crippen LogP contribution in [0.1, 0.15) is 22.4 Å². The molecule has 3 heterocycles. The molecule has 0 fully saturated rings. The topological polar surface area (TPSA) is 71.0 Å². The lowest BCUT2D eigenvalue weighted by Gasteiger charge is -2.24. The molecule has 0 saturated carbocycles. The molecule has 0 aliphatic carbocycles. The first-order chi connectivity index (χ1) is 12.6. The summed E-state index contributed by atoms with van der Waals surface area (Å²) in [5.74, 6) is 0. The Morgan fingerprint density at radius 2 is 1.88 bits per heavy atom. The van der Waals surface area contributed by atoms with Crippen molar-refractivity contribution in [3.8, 4) is 0 Å². The molecule has 2 aromatic heterocycles. The van der Waals surface area contributed by atoms with Gasteiger partial charge in [0.25, 0.3) is 5.56 Å². The monoisotopic (exact) mass is 368 g/mol. The Balaban J connectivity index is 1.55. The molecule has 134 valence electrons. The maximum Gasteiger partial charge on any atom is 0.270 e. The van der Waals surface area contributed by atoms with Crippen molar-refractivity contribution < 1.29 is 4.21 Å². The van der Waals surface area contributed by atoms with Crippen molar-refractivity contribution in [1.82, 2.24) is 19.1 Å². The van der Waals surface area contributed by atoms with E-state index in [4.69, 9.17) is 0 Å². The van der Waals surface area contributed by atoms with Crippen LogP contribution in [0.2, 0.25) is 0 Å². The number of benzene rings is 1. The highest BCUT2D eigenvalue weighted by Crippen LogP contribution is 2.20. The van der Waals surface area contributed by atoms with Gasteiger partial charge in [-0.1, -0.05) is 17.7 Å². The molecule has 1 aliphatic rings. The molecule has 4 rings (SSSR count). The lowest BCUT2D eigenvalue weighted by atomic mass is 10.1. The molecule has 0 spiro atoms. The van der Waals surface area contributed by atoms with E-state index < -0.39 is 11.0 Å². The first kappa shape index (κ1) is 16.9. The van der Waals surface area contributed by atoms with E-state index in [1.54, 1.807) is 17.1 Å². The van der Waals surface area contributed by atoms with Crippen LogP contribution in [0.5, 0.6) is 0 Å². The van der Waals surface area contributed by atoms with Crippen molar-refractivity contribution in [1.29, 1.82) is 0 Å². The molecular formula is C19H20N4O2S. The Hall–Kier alpha value is -2.51. The summed E-state index contributed by atoms with van der Waals surface area (Å²) in [6.07, 6.45) is 4.04. The summed E-state index contributed by atoms with van der Waals surface area (Å²) in [6, 6.07) is 11.5. The molecule has 7 heteroatoms. The molecule has 26 heavy (non-hydrogen) atoms. The van der Waals surface area contributed by atoms with Crippen molar-refractivity contribution in [2.24, 2.45) is 0 Å². The average molecular weight is 368 g/mol. The highest BCUT2D eigenvalue weighted by Gasteiger charge is 2.26. The number of rotatable bonds is 4. The van der Waals surface area contributed by atoms with Crippen LogP contribution >= 0.6 is 0 Å². The number of aromatic nitrogens is 3. The summed E-state index contributed by atoms with van der Waals surface area (Å²) in [6.45, 7) is 3.58. The van der Waals surface area contributed by atoms with E-state index in [9.17, 15) is 9.00 Å². The zero-order chi connectivity index (χ0) is 18.1. The van der Waals surface area contributed by atoms with Crippen LogP contribution in [-0.4, -0.2) is 29.8 Å². The smallest absolute Gasteiger partial charge is 0.270 e. The van der Waals surface area contributed by atoms with Gasteiger partial charge in [0.15, 0.2) is 0 Å². The number of nitrogens with one attached hydrogen (secondary N) is 1. The van der Waals surface area contributed by atoms with Gasteiger partial charge in [0.05, 0.1) is 23.7 Å². The second kappa shape index (κ2) is 7.01. The number of hydrogen-bond acceptors (Lipinski definition) is 3. The molecule has 1 aromatic carbocycles. The van der Waals surface area contributed by atoms with Crippen LogP contribution in [-0.2, 0) is 30.5 Å². The average Bonchev–Trinajstić information content (AvgIpc) is 2.97. The lowest BCUT2D eigenvalue weighted by molar-refractivity contribution is 0.414. The molecular weight excluding hydrogens is 348 g/mol. The quantitative estimate of drug-likeness (QED) is 0.766. The third kappa shape index (κ3) is 3.27. The third-order valence-corrected chi connectivity index (χ3v) is 6.09. The maximum atomic E-state index is 12.8. The second-order valence-corrected chi connectivity index (χ2v) is 7.98. The second-order valence-electron chi connectivity index (χ2n) is 6.49. The first-order valence-corrected chi connectivity index (χ1v) is 9.65. The van der Waals surface area contributed by atoms with E-state index in [0.717, 1.165) is 27.3 Å². The summed E-state index contributed by atoms with van der Waals surface area (Å²) in [5, 5.41) is 3.20. The van der Waals surface area contributed by atoms with E-state index in [2.05, 4.69) is 10.1 Å². The normalized spacial score (nSPS) is 15.6. The van der Waals surface area contributed by atoms with Crippen molar-refractivity contribution in [2.45, 2.75) is 31.3 Å². The summed E-state index contributed by atoms with van der Waals surface area (Å²) in [4.78, 5) is 17.4. The van der Waals surface area contributed by atoms with Crippen molar-refractivity contribution in [3.05, 3.63) is 81.5 Å². The van der Waals surface area contributed by atoms with E-state index in [-0.39, 0.29) is 5.56 Å². The van der Waals surface area contributed by atoms with E-state index in [1.807, 2.05) is 47.6 Å².